The van der Waals surface area contributed by atoms with Gasteiger partial charge in [0.15, 0.2) is 0 Å². The minimum Gasteiger partial charge on any atom is -0.391 e. The molecular formula is C13H20N2O2. The standard InChI is InChI=1S/C13H20N2O2/c16-12-8-4-3-7-11(12)15-13(17)9-5-1-2-6-10(9)14-15/h11-12,14,16H,1-8H2. The number of aryl methyl sites for hydroxylation is 1. The molecule has 4 heteroatoms. The summed E-state index contributed by atoms with van der Waals surface area (Å²) in [6, 6.07) is -0.0261. The molecule has 0 bridgehead atoms. The summed E-state index contributed by atoms with van der Waals surface area (Å²) in [4.78, 5) is 12.3. The minimum absolute atomic E-state index is 0.0261. The molecule has 4 nitrogen and oxygen atoms in total. The van der Waals surface area contributed by atoms with Gasteiger partial charge in [-0.3, -0.25) is 9.89 Å². The molecule has 0 aromatic carbocycles. The van der Waals surface area contributed by atoms with E-state index in [2.05, 4.69) is 5.10 Å². The van der Waals surface area contributed by atoms with E-state index in [0.29, 0.717) is 0 Å². The summed E-state index contributed by atoms with van der Waals surface area (Å²) < 4.78 is 1.71. The second-order valence-corrected chi connectivity index (χ2v) is 5.37. The Morgan fingerprint density at radius 1 is 1.12 bits per heavy atom. The molecule has 1 aromatic rings. The number of hydrogen-bond donors (Lipinski definition) is 2. The van der Waals surface area contributed by atoms with E-state index in [4.69, 9.17) is 0 Å². The lowest BCUT2D eigenvalue weighted by molar-refractivity contribution is 0.0676. The topological polar surface area (TPSA) is 58.0 Å². The summed E-state index contributed by atoms with van der Waals surface area (Å²) in [5.74, 6) is 0. The first-order valence-corrected chi connectivity index (χ1v) is 6.77. The Morgan fingerprint density at radius 2 is 1.88 bits per heavy atom. The summed E-state index contributed by atoms with van der Waals surface area (Å²) in [5.41, 5.74) is 2.19. The molecule has 2 aliphatic rings. The van der Waals surface area contributed by atoms with Crippen LogP contribution in [-0.4, -0.2) is 21.0 Å². The number of hydrogen-bond acceptors (Lipinski definition) is 2. The van der Waals surface area contributed by atoms with Gasteiger partial charge in [0.25, 0.3) is 5.56 Å². The smallest absolute Gasteiger partial charge is 0.270 e. The molecule has 0 spiro atoms. The van der Waals surface area contributed by atoms with Gasteiger partial charge < -0.3 is 5.11 Å². The highest BCUT2D eigenvalue weighted by Crippen LogP contribution is 2.28. The molecule has 2 N–H and O–H groups in total. The monoisotopic (exact) mass is 236 g/mol. The lowest BCUT2D eigenvalue weighted by Crippen LogP contribution is -2.34. The summed E-state index contributed by atoms with van der Waals surface area (Å²) in [6.45, 7) is 0. The van der Waals surface area contributed by atoms with Crippen LogP contribution in [0.25, 0.3) is 0 Å². The zero-order valence-electron chi connectivity index (χ0n) is 10.1. The van der Waals surface area contributed by atoms with Crippen LogP contribution in [0, 0.1) is 0 Å². The van der Waals surface area contributed by atoms with E-state index < -0.39 is 0 Å². The van der Waals surface area contributed by atoms with Crippen molar-refractivity contribution >= 4 is 0 Å². The minimum atomic E-state index is -0.360. The second kappa shape index (κ2) is 4.33. The number of aromatic nitrogens is 2. The Bertz CT molecular complexity index is 460. The number of aliphatic hydroxyl groups is 1. The number of aliphatic hydroxyl groups excluding tert-OH is 1. The van der Waals surface area contributed by atoms with Crippen molar-refractivity contribution in [1.82, 2.24) is 9.78 Å². The van der Waals surface area contributed by atoms with Crippen LogP contribution in [-0.2, 0) is 12.8 Å². The molecular weight excluding hydrogens is 216 g/mol. The summed E-state index contributed by atoms with van der Waals surface area (Å²) >= 11 is 0. The predicted molar refractivity (Wildman–Crippen MR) is 65.2 cm³/mol. The van der Waals surface area contributed by atoms with Gasteiger partial charge in [-0.05, 0) is 38.5 Å². The van der Waals surface area contributed by atoms with E-state index in [1.54, 1.807) is 4.68 Å². The fourth-order valence-electron chi connectivity index (χ4n) is 3.23. The van der Waals surface area contributed by atoms with Crippen LogP contribution in [0.5, 0.6) is 0 Å². The number of aromatic amines is 1. The highest BCUT2D eigenvalue weighted by molar-refractivity contribution is 5.20. The van der Waals surface area contributed by atoms with E-state index in [1.807, 2.05) is 0 Å². The number of rotatable bonds is 1. The first-order chi connectivity index (χ1) is 8.27. The van der Waals surface area contributed by atoms with Gasteiger partial charge in [-0.1, -0.05) is 12.8 Å². The normalized spacial score (nSPS) is 29.0. The van der Waals surface area contributed by atoms with Crippen molar-refractivity contribution in [2.45, 2.75) is 63.5 Å². The summed E-state index contributed by atoms with van der Waals surface area (Å²) in [7, 11) is 0. The van der Waals surface area contributed by atoms with Crippen LogP contribution >= 0.6 is 0 Å². The molecule has 1 heterocycles. The highest BCUT2D eigenvalue weighted by Gasteiger charge is 2.28. The molecule has 3 rings (SSSR count). The SMILES string of the molecule is O=c1c2c([nH]n1C1CCCCC1O)CCCC2. The third-order valence-electron chi connectivity index (χ3n) is 4.23. The largest absolute Gasteiger partial charge is 0.391 e. The van der Waals surface area contributed by atoms with Gasteiger partial charge >= 0.3 is 0 Å². The fraction of sp³-hybridized carbons (Fsp3) is 0.769. The zero-order valence-corrected chi connectivity index (χ0v) is 10.1. The Kier molecular flexibility index (Phi) is 2.82. The van der Waals surface area contributed by atoms with Crippen molar-refractivity contribution in [3.63, 3.8) is 0 Å². The maximum absolute atomic E-state index is 12.3. The van der Waals surface area contributed by atoms with Crippen LogP contribution in [0.1, 0.15) is 55.8 Å². The van der Waals surface area contributed by atoms with E-state index in [9.17, 15) is 9.90 Å². The van der Waals surface area contributed by atoms with Crippen molar-refractivity contribution < 1.29 is 5.11 Å². The van der Waals surface area contributed by atoms with E-state index >= 15 is 0 Å². The molecule has 0 amide bonds. The van der Waals surface area contributed by atoms with Crippen LogP contribution < -0.4 is 5.56 Å². The fourth-order valence-corrected chi connectivity index (χ4v) is 3.23. The molecule has 2 aliphatic carbocycles. The van der Waals surface area contributed by atoms with E-state index in [0.717, 1.165) is 56.2 Å². The molecule has 94 valence electrons. The molecule has 1 saturated carbocycles. The first kappa shape index (κ1) is 11.1. The first-order valence-electron chi connectivity index (χ1n) is 6.77. The lowest BCUT2D eigenvalue weighted by Gasteiger charge is -2.27. The summed E-state index contributed by atoms with van der Waals surface area (Å²) in [5, 5.41) is 13.3. The Hall–Kier alpha value is -1.03. The van der Waals surface area contributed by atoms with Crippen molar-refractivity contribution in [1.29, 1.82) is 0 Å². The van der Waals surface area contributed by atoms with Gasteiger partial charge in [0.1, 0.15) is 0 Å². The number of H-pyrrole nitrogens is 1. The van der Waals surface area contributed by atoms with Crippen LogP contribution in [0.4, 0.5) is 0 Å². The number of nitrogens with zero attached hydrogens (tertiary/aromatic N) is 1. The van der Waals surface area contributed by atoms with Crippen molar-refractivity contribution in [3.8, 4) is 0 Å². The van der Waals surface area contributed by atoms with Gasteiger partial charge in [-0.15, -0.1) is 0 Å². The van der Waals surface area contributed by atoms with Gasteiger partial charge in [0.2, 0.25) is 0 Å². The molecule has 1 aromatic heterocycles. The van der Waals surface area contributed by atoms with Gasteiger partial charge in [-0.25, -0.2) is 4.68 Å². The second-order valence-electron chi connectivity index (χ2n) is 5.37. The molecule has 2 atom stereocenters. The molecule has 0 aliphatic heterocycles. The lowest BCUT2D eigenvalue weighted by atomic mass is 9.93. The summed E-state index contributed by atoms with van der Waals surface area (Å²) in [6.07, 6.45) is 7.74. The van der Waals surface area contributed by atoms with Crippen molar-refractivity contribution in [3.05, 3.63) is 21.6 Å². The Balaban J connectivity index is 1.97. The van der Waals surface area contributed by atoms with Crippen molar-refractivity contribution in [2.75, 3.05) is 0 Å². The van der Waals surface area contributed by atoms with Crippen LogP contribution in [0.2, 0.25) is 0 Å². The van der Waals surface area contributed by atoms with Crippen molar-refractivity contribution in [2.24, 2.45) is 0 Å². The zero-order chi connectivity index (χ0) is 11.8. The molecule has 1 fully saturated rings. The van der Waals surface area contributed by atoms with Crippen LogP contribution in [0.15, 0.2) is 4.79 Å². The predicted octanol–water partition coefficient (Wildman–Crippen LogP) is 1.53. The molecule has 0 saturated heterocycles. The highest BCUT2D eigenvalue weighted by atomic mass is 16.3. The molecule has 17 heavy (non-hydrogen) atoms. The molecule has 0 radical (unpaired) electrons. The molecule has 2 unspecified atom stereocenters. The van der Waals surface area contributed by atoms with Gasteiger partial charge in [0, 0.05) is 11.3 Å². The number of nitrogens with one attached hydrogen (secondary N) is 1. The maximum atomic E-state index is 12.3. The van der Waals surface area contributed by atoms with E-state index in [1.165, 1.54) is 6.42 Å². The number of fused-ring (bicyclic) bond motifs is 1. The quantitative estimate of drug-likeness (QED) is 0.777. The Morgan fingerprint density at radius 3 is 2.65 bits per heavy atom. The third-order valence-corrected chi connectivity index (χ3v) is 4.23. The van der Waals surface area contributed by atoms with Gasteiger partial charge in [-0.2, -0.15) is 0 Å². The Labute approximate surface area is 101 Å². The average molecular weight is 236 g/mol. The maximum Gasteiger partial charge on any atom is 0.270 e. The third kappa shape index (κ3) is 1.84. The van der Waals surface area contributed by atoms with E-state index in [-0.39, 0.29) is 17.7 Å². The van der Waals surface area contributed by atoms with Crippen LogP contribution in [0.3, 0.4) is 0 Å². The van der Waals surface area contributed by atoms with Gasteiger partial charge in [0.05, 0.1) is 12.1 Å². The average Bonchev–Trinajstić information content (AvgIpc) is 2.68.